The molecule has 6 heteroatoms. The Morgan fingerprint density at radius 3 is 2.18 bits per heavy atom. The Balaban J connectivity index is 2.08. The van der Waals surface area contributed by atoms with Crippen molar-refractivity contribution in [1.82, 2.24) is 0 Å². The third kappa shape index (κ3) is 3.86. The summed E-state index contributed by atoms with van der Waals surface area (Å²) >= 11 is 0. The highest BCUT2D eigenvalue weighted by atomic mass is 16.6. The molecule has 2 N–H and O–H groups in total. The zero-order chi connectivity index (χ0) is 15.9. The van der Waals surface area contributed by atoms with Crippen molar-refractivity contribution < 1.29 is 9.72 Å². The molecule has 0 amide bonds. The lowest BCUT2D eigenvalue weighted by atomic mass is 10.1. The van der Waals surface area contributed by atoms with Crippen LogP contribution >= 0.6 is 0 Å². The van der Waals surface area contributed by atoms with Crippen LogP contribution in [0.5, 0.6) is 0 Å². The van der Waals surface area contributed by atoms with Crippen LogP contribution in [0.3, 0.4) is 0 Å². The molecule has 0 unspecified atom stereocenters. The Bertz CT molecular complexity index is 732. The lowest BCUT2D eigenvalue weighted by Gasteiger charge is -2.00. The average molecular weight is 295 g/mol. The standard InChI is InChI=1S/C16H13N3O3/c17-16(14-5-1-13(11-20)2-6-14)10-18-9-12-3-7-15(8-4-12)19(21)22/h1-11H,17H2/b16-10-,18-9?. The summed E-state index contributed by atoms with van der Waals surface area (Å²) in [7, 11) is 0. The Hall–Kier alpha value is -3.28. The van der Waals surface area contributed by atoms with Crippen molar-refractivity contribution >= 4 is 23.9 Å². The summed E-state index contributed by atoms with van der Waals surface area (Å²) < 4.78 is 0. The molecule has 110 valence electrons. The van der Waals surface area contributed by atoms with Crippen LogP contribution in [-0.4, -0.2) is 17.4 Å². The summed E-state index contributed by atoms with van der Waals surface area (Å²) in [6.45, 7) is 0. The van der Waals surface area contributed by atoms with Crippen LogP contribution < -0.4 is 5.73 Å². The molecule has 0 atom stereocenters. The minimum atomic E-state index is -0.457. The first kappa shape index (κ1) is 15.1. The van der Waals surface area contributed by atoms with E-state index >= 15 is 0 Å². The highest BCUT2D eigenvalue weighted by Crippen LogP contribution is 2.12. The summed E-state index contributed by atoms with van der Waals surface area (Å²) in [4.78, 5) is 24.7. The van der Waals surface area contributed by atoms with Gasteiger partial charge in [0.25, 0.3) is 5.69 Å². The summed E-state index contributed by atoms with van der Waals surface area (Å²) in [5, 5.41) is 10.5. The number of hydrogen-bond acceptors (Lipinski definition) is 5. The van der Waals surface area contributed by atoms with Gasteiger partial charge < -0.3 is 5.73 Å². The van der Waals surface area contributed by atoms with Gasteiger partial charge in [0.1, 0.15) is 6.29 Å². The van der Waals surface area contributed by atoms with Gasteiger partial charge in [-0.2, -0.15) is 0 Å². The van der Waals surface area contributed by atoms with Gasteiger partial charge in [0.05, 0.1) is 16.8 Å². The van der Waals surface area contributed by atoms with E-state index in [0.717, 1.165) is 17.4 Å². The van der Waals surface area contributed by atoms with Crippen molar-refractivity contribution in [1.29, 1.82) is 0 Å². The number of carbonyl (C=O) groups is 1. The van der Waals surface area contributed by atoms with E-state index in [1.807, 2.05) is 0 Å². The number of aliphatic imine (C=N–C) groups is 1. The Kier molecular flexibility index (Phi) is 4.77. The van der Waals surface area contributed by atoms with E-state index in [9.17, 15) is 14.9 Å². The van der Waals surface area contributed by atoms with E-state index in [2.05, 4.69) is 4.99 Å². The van der Waals surface area contributed by atoms with Gasteiger partial charge in [-0.05, 0) is 23.3 Å². The number of non-ortho nitro benzene ring substituents is 1. The van der Waals surface area contributed by atoms with Crippen LogP contribution in [0, 0.1) is 10.1 Å². The molecule has 0 saturated carbocycles. The third-order valence-electron chi connectivity index (χ3n) is 2.92. The van der Waals surface area contributed by atoms with Gasteiger partial charge in [-0.15, -0.1) is 0 Å². The first-order valence-electron chi connectivity index (χ1n) is 6.39. The number of aldehydes is 1. The SMILES string of the molecule is N/C(=C\N=Cc1ccc([N+](=O)[O-])cc1)c1ccc(C=O)cc1. The van der Waals surface area contributed by atoms with Gasteiger partial charge in [-0.25, -0.2) is 0 Å². The Morgan fingerprint density at radius 2 is 1.64 bits per heavy atom. The minimum Gasteiger partial charge on any atom is -0.397 e. The van der Waals surface area contributed by atoms with E-state index in [0.29, 0.717) is 11.3 Å². The number of nitrogens with zero attached hydrogens (tertiary/aromatic N) is 2. The van der Waals surface area contributed by atoms with Crippen LogP contribution in [0.2, 0.25) is 0 Å². The Labute approximate surface area is 126 Å². The van der Waals surface area contributed by atoms with Crippen LogP contribution in [0.15, 0.2) is 59.7 Å². The quantitative estimate of drug-likeness (QED) is 0.397. The van der Waals surface area contributed by atoms with Gasteiger partial charge in [0, 0.05) is 23.9 Å². The highest BCUT2D eigenvalue weighted by molar-refractivity contribution is 5.81. The predicted molar refractivity (Wildman–Crippen MR) is 84.7 cm³/mol. The summed E-state index contributed by atoms with van der Waals surface area (Å²) in [5.74, 6) is 0. The number of nitrogens with two attached hydrogens (primary N) is 1. The van der Waals surface area contributed by atoms with E-state index in [4.69, 9.17) is 5.73 Å². The number of nitro benzene ring substituents is 1. The van der Waals surface area contributed by atoms with Crippen molar-refractivity contribution in [2.45, 2.75) is 0 Å². The molecule has 0 bridgehead atoms. The number of rotatable bonds is 5. The van der Waals surface area contributed by atoms with Gasteiger partial charge in [0.15, 0.2) is 0 Å². The minimum absolute atomic E-state index is 0.0301. The molecule has 0 saturated heterocycles. The Morgan fingerprint density at radius 1 is 1.05 bits per heavy atom. The van der Waals surface area contributed by atoms with Crippen molar-refractivity contribution in [2.24, 2.45) is 10.7 Å². The first-order chi connectivity index (χ1) is 10.6. The van der Waals surface area contributed by atoms with Gasteiger partial charge in [-0.1, -0.05) is 24.3 Å². The number of nitro groups is 1. The molecule has 0 aliphatic carbocycles. The van der Waals surface area contributed by atoms with Crippen LogP contribution in [0.4, 0.5) is 5.69 Å². The lowest BCUT2D eigenvalue weighted by molar-refractivity contribution is -0.384. The van der Waals surface area contributed by atoms with Crippen molar-refractivity contribution in [3.8, 4) is 0 Å². The number of carbonyl (C=O) groups excluding carboxylic acids is 1. The monoisotopic (exact) mass is 295 g/mol. The highest BCUT2D eigenvalue weighted by Gasteiger charge is 2.02. The van der Waals surface area contributed by atoms with Crippen LogP contribution in [0.25, 0.3) is 5.70 Å². The topological polar surface area (TPSA) is 98.6 Å². The van der Waals surface area contributed by atoms with E-state index < -0.39 is 4.92 Å². The van der Waals surface area contributed by atoms with Gasteiger partial charge in [-0.3, -0.25) is 19.9 Å². The van der Waals surface area contributed by atoms with E-state index in [1.54, 1.807) is 42.6 Å². The maximum absolute atomic E-state index is 10.6. The fourth-order valence-electron chi connectivity index (χ4n) is 1.71. The van der Waals surface area contributed by atoms with Crippen molar-refractivity contribution in [3.63, 3.8) is 0 Å². The molecule has 2 aromatic carbocycles. The summed E-state index contributed by atoms with van der Waals surface area (Å²) in [6, 6.07) is 12.8. The first-order valence-corrected chi connectivity index (χ1v) is 6.39. The second-order valence-electron chi connectivity index (χ2n) is 4.45. The molecule has 2 aromatic rings. The second-order valence-corrected chi connectivity index (χ2v) is 4.45. The second kappa shape index (κ2) is 6.94. The maximum atomic E-state index is 10.6. The number of benzene rings is 2. The van der Waals surface area contributed by atoms with Crippen molar-refractivity contribution in [3.05, 3.63) is 81.5 Å². The fraction of sp³-hybridized carbons (Fsp3) is 0. The molecular formula is C16H13N3O3. The molecule has 0 heterocycles. The zero-order valence-corrected chi connectivity index (χ0v) is 11.5. The molecule has 0 radical (unpaired) electrons. The molecule has 0 aromatic heterocycles. The fourth-order valence-corrected chi connectivity index (χ4v) is 1.71. The summed E-state index contributed by atoms with van der Waals surface area (Å²) in [5.41, 5.74) is 8.43. The molecule has 0 spiro atoms. The van der Waals surface area contributed by atoms with E-state index in [-0.39, 0.29) is 5.69 Å². The molecular weight excluding hydrogens is 282 g/mol. The molecule has 2 rings (SSSR count). The molecule has 0 fully saturated rings. The normalized spacial score (nSPS) is 11.5. The zero-order valence-electron chi connectivity index (χ0n) is 11.5. The summed E-state index contributed by atoms with van der Waals surface area (Å²) in [6.07, 6.45) is 3.80. The van der Waals surface area contributed by atoms with Crippen molar-refractivity contribution in [2.75, 3.05) is 0 Å². The molecule has 0 aliphatic rings. The van der Waals surface area contributed by atoms with Gasteiger partial charge in [0.2, 0.25) is 0 Å². The predicted octanol–water partition coefficient (Wildman–Crippen LogP) is 2.78. The van der Waals surface area contributed by atoms with E-state index in [1.165, 1.54) is 18.3 Å². The molecule has 6 nitrogen and oxygen atoms in total. The average Bonchev–Trinajstić information content (AvgIpc) is 2.55. The molecule has 22 heavy (non-hydrogen) atoms. The molecule has 0 aliphatic heterocycles. The largest absolute Gasteiger partial charge is 0.397 e. The van der Waals surface area contributed by atoms with Gasteiger partial charge >= 0.3 is 0 Å². The lowest BCUT2D eigenvalue weighted by Crippen LogP contribution is -1.96. The maximum Gasteiger partial charge on any atom is 0.269 e. The van der Waals surface area contributed by atoms with Crippen LogP contribution in [0.1, 0.15) is 21.5 Å². The number of hydrogen-bond donors (Lipinski definition) is 1. The third-order valence-corrected chi connectivity index (χ3v) is 2.92. The van der Waals surface area contributed by atoms with Crippen LogP contribution in [-0.2, 0) is 0 Å². The smallest absolute Gasteiger partial charge is 0.269 e.